The van der Waals surface area contributed by atoms with E-state index in [-0.39, 0.29) is 6.10 Å². The van der Waals surface area contributed by atoms with Crippen molar-refractivity contribution in [3.05, 3.63) is 0 Å². The van der Waals surface area contributed by atoms with Gasteiger partial charge in [-0.05, 0) is 81.5 Å². The summed E-state index contributed by atoms with van der Waals surface area (Å²) >= 11 is 0. The molecule has 0 aromatic heterocycles. The van der Waals surface area contributed by atoms with Gasteiger partial charge in [-0.2, -0.15) is 0 Å². The molecule has 0 aliphatic heterocycles. The van der Waals surface area contributed by atoms with Crippen LogP contribution >= 0.6 is 0 Å². The van der Waals surface area contributed by atoms with Crippen LogP contribution in [0.1, 0.15) is 65.2 Å². The summed E-state index contributed by atoms with van der Waals surface area (Å²) in [6.45, 7) is 4.31. The van der Waals surface area contributed by atoms with Crippen LogP contribution in [0.25, 0.3) is 0 Å². The standard InChI is InChI=1S/C17H30O2/c1-3-16-15-6-4-11-10-12(18)5-7-13(11)14(15)8-9-17(16,2)19/h11-16,18-19H,3-10H2,1-2H3/t11?,12?,13?,14?,15?,16-,17+/m1/s1. The summed E-state index contributed by atoms with van der Waals surface area (Å²) in [5.41, 5.74) is -0.434. The van der Waals surface area contributed by atoms with E-state index in [1.807, 2.05) is 0 Å². The Hall–Kier alpha value is -0.0800. The van der Waals surface area contributed by atoms with Crippen molar-refractivity contribution in [1.29, 1.82) is 0 Å². The van der Waals surface area contributed by atoms with E-state index in [0.717, 1.165) is 49.4 Å². The van der Waals surface area contributed by atoms with Gasteiger partial charge in [0.15, 0.2) is 0 Å². The minimum Gasteiger partial charge on any atom is -0.393 e. The molecule has 0 aromatic rings. The Kier molecular flexibility index (Phi) is 3.68. The fourth-order valence-electron chi connectivity index (χ4n) is 5.87. The van der Waals surface area contributed by atoms with Crippen LogP contribution < -0.4 is 0 Å². The summed E-state index contributed by atoms with van der Waals surface area (Å²) in [7, 11) is 0. The molecule has 0 bridgehead atoms. The molecule has 0 heterocycles. The molecule has 3 aliphatic carbocycles. The number of aliphatic hydroxyl groups is 2. The second kappa shape index (κ2) is 5.04. The lowest BCUT2D eigenvalue weighted by Gasteiger charge is -2.55. The molecular weight excluding hydrogens is 236 g/mol. The highest BCUT2D eigenvalue weighted by molar-refractivity contribution is 5.01. The number of hydrogen-bond donors (Lipinski definition) is 2. The normalized spacial score (nSPS) is 54.3. The molecule has 5 unspecified atom stereocenters. The van der Waals surface area contributed by atoms with Gasteiger partial charge in [-0.3, -0.25) is 0 Å². The second-order valence-corrected chi connectivity index (χ2v) is 7.71. The highest BCUT2D eigenvalue weighted by Gasteiger charge is 2.50. The van der Waals surface area contributed by atoms with E-state index in [4.69, 9.17) is 0 Å². The third-order valence-corrected chi connectivity index (χ3v) is 6.72. The van der Waals surface area contributed by atoms with E-state index in [9.17, 15) is 10.2 Å². The van der Waals surface area contributed by atoms with Gasteiger partial charge in [0, 0.05) is 0 Å². The van der Waals surface area contributed by atoms with Crippen LogP contribution in [0.5, 0.6) is 0 Å². The van der Waals surface area contributed by atoms with E-state index in [2.05, 4.69) is 13.8 Å². The topological polar surface area (TPSA) is 40.5 Å². The average molecular weight is 266 g/mol. The molecule has 0 radical (unpaired) electrons. The van der Waals surface area contributed by atoms with Crippen molar-refractivity contribution >= 4 is 0 Å². The Labute approximate surface area is 117 Å². The molecule has 0 aromatic carbocycles. The van der Waals surface area contributed by atoms with Gasteiger partial charge in [-0.15, -0.1) is 0 Å². The number of aliphatic hydroxyl groups excluding tert-OH is 1. The summed E-state index contributed by atoms with van der Waals surface area (Å²) < 4.78 is 0. The lowest BCUT2D eigenvalue weighted by molar-refractivity contribution is -0.123. The molecule has 110 valence electrons. The highest BCUT2D eigenvalue weighted by Crippen LogP contribution is 2.55. The molecule has 19 heavy (non-hydrogen) atoms. The molecule has 3 fully saturated rings. The minimum atomic E-state index is -0.434. The van der Waals surface area contributed by atoms with E-state index in [1.165, 1.54) is 25.7 Å². The van der Waals surface area contributed by atoms with Crippen LogP contribution in [0.15, 0.2) is 0 Å². The smallest absolute Gasteiger partial charge is 0.0650 e. The van der Waals surface area contributed by atoms with Crippen molar-refractivity contribution in [3.63, 3.8) is 0 Å². The van der Waals surface area contributed by atoms with Crippen molar-refractivity contribution in [1.82, 2.24) is 0 Å². The van der Waals surface area contributed by atoms with Crippen molar-refractivity contribution in [2.24, 2.45) is 29.6 Å². The molecule has 0 amide bonds. The molecule has 0 saturated heterocycles. The lowest BCUT2D eigenvalue weighted by Crippen LogP contribution is -2.51. The van der Waals surface area contributed by atoms with Crippen LogP contribution in [0.2, 0.25) is 0 Å². The van der Waals surface area contributed by atoms with Crippen LogP contribution in [-0.2, 0) is 0 Å². The second-order valence-electron chi connectivity index (χ2n) is 7.71. The zero-order valence-corrected chi connectivity index (χ0v) is 12.5. The van der Waals surface area contributed by atoms with Crippen molar-refractivity contribution in [2.45, 2.75) is 76.9 Å². The molecule has 3 rings (SSSR count). The maximum Gasteiger partial charge on any atom is 0.0650 e. The van der Waals surface area contributed by atoms with Gasteiger partial charge in [0.2, 0.25) is 0 Å². The summed E-state index contributed by atoms with van der Waals surface area (Å²) in [6, 6.07) is 0. The third kappa shape index (κ3) is 2.35. The highest BCUT2D eigenvalue weighted by atomic mass is 16.3. The maximum absolute atomic E-state index is 10.7. The Morgan fingerprint density at radius 1 is 1.00 bits per heavy atom. The minimum absolute atomic E-state index is 0.0357. The monoisotopic (exact) mass is 266 g/mol. The van der Waals surface area contributed by atoms with Gasteiger partial charge >= 0.3 is 0 Å². The molecule has 2 heteroatoms. The predicted molar refractivity (Wildman–Crippen MR) is 76.7 cm³/mol. The SMILES string of the molecule is CC[C@@H]1C2CCC3CC(O)CCC3C2CC[C@]1(C)O. The average Bonchev–Trinajstić information content (AvgIpc) is 2.37. The van der Waals surface area contributed by atoms with Crippen LogP contribution in [0.3, 0.4) is 0 Å². The van der Waals surface area contributed by atoms with Gasteiger partial charge in [0.05, 0.1) is 11.7 Å². The molecule has 3 aliphatic rings. The zero-order chi connectivity index (χ0) is 13.6. The van der Waals surface area contributed by atoms with E-state index < -0.39 is 5.60 Å². The van der Waals surface area contributed by atoms with Gasteiger partial charge in [-0.25, -0.2) is 0 Å². The van der Waals surface area contributed by atoms with Gasteiger partial charge in [-0.1, -0.05) is 13.3 Å². The summed E-state index contributed by atoms with van der Waals surface area (Å²) in [4.78, 5) is 0. The molecule has 3 saturated carbocycles. The largest absolute Gasteiger partial charge is 0.393 e. The predicted octanol–water partition coefficient (Wildman–Crippen LogP) is 3.36. The molecule has 2 nitrogen and oxygen atoms in total. The number of hydrogen-bond acceptors (Lipinski definition) is 2. The third-order valence-electron chi connectivity index (χ3n) is 6.72. The Morgan fingerprint density at radius 3 is 2.47 bits per heavy atom. The lowest BCUT2D eigenvalue weighted by atomic mass is 9.52. The number of rotatable bonds is 1. The van der Waals surface area contributed by atoms with Crippen molar-refractivity contribution in [3.8, 4) is 0 Å². The Bertz CT molecular complexity index is 325. The summed E-state index contributed by atoms with van der Waals surface area (Å²) in [6.07, 6.45) is 9.14. The van der Waals surface area contributed by atoms with E-state index in [0.29, 0.717) is 5.92 Å². The van der Waals surface area contributed by atoms with Crippen molar-refractivity contribution in [2.75, 3.05) is 0 Å². The van der Waals surface area contributed by atoms with Crippen LogP contribution in [0, 0.1) is 29.6 Å². The molecule has 7 atom stereocenters. The van der Waals surface area contributed by atoms with Gasteiger partial charge in [0.1, 0.15) is 0 Å². The molecule has 2 N–H and O–H groups in total. The van der Waals surface area contributed by atoms with E-state index in [1.54, 1.807) is 0 Å². The zero-order valence-electron chi connectivity index (χ0n) is 12.5. The first-order valence-electron chi connectivity index (χ1n) is 8.43. The number of fused-ring (bicyclic) bond motifs is 3. The summed E-state index contributed by atoms with van der Waals surface area (Å²) in [5, 5.41) is 20.6. The van der Waals surface area contributed by atoms with Gasteiger partial charge < -0.3 is 10.2 Å². The maximum atomic E-state index is 10.7. The fraction of sp³-hybridized carbons (Fsp3) is 1.00. The van der Waals surface area contributed by atoms with E-state index >= 15 is 0 Å². The van der Waals surface area contributed by atoms with Gasteiger partial charge in [0.25, 0.3) is 0 Å². The molecule has 0 spiro atoms. The first kappa shape index (κ1) is 13.9. The van der Waals surface area contributed by atoms with Crippen molar-refractivity contribution < 1.29 is 10.2 Å². The summed E-state index contributed by atoms with van der Waals surface area (Å²) in [5.74, 6) is 3.68. The van der Waals surface area contributed by atoms with Crippen LogP contribution in [0.4, 0.5) is 0 Å². The fourth-order valence-corrected chi connectivity index (χ4v) is 5.87. The Morgan fingerprint density at radius 2 is 1.74 bits per heavy atom. The first-order valence-corrected chi connectivity index (χ1v) is 8.43. The molecular formula is C17H30O2. The Balaban J connectivity index is 1.78. The van der Waals surface area contributed by atoms with Crippen LogP contribution in [-0.4, -0.2) is 21.9 Å². The first-order chi connectivity index (χ1) is 9.03. The quantitative estimate of drug-likeness (QED) is 0.764.